The Bertz CT molecular complexity index is 2080. The smallest absolute Gasteiger partial charge is 0.436 e. The van der Waals surface area contributed by atoms with E-state index in [1.165, 1.54) is 33.0 Å². The van der Waals surface area contributed by atoms with Crippen LogP contribution < -0.4 is 4.50 Å². The first-order valence-corrected chi connectivity index (χ1v) is 22.9. The Labute approximate surface area is 306 Å². The van der Waals surface area contributed by atoms with E-state index >= 15 is 8.78 Å². The summed E-state index contributed by atoms with van der Waals surface area (Å²) in [7, 11) is -1.74. The highest BCUT2D eigenvalue weighted by Crippen LogP contribution is 2.47. The average Bonchev–Trinajstić information content (AvgIpc) is 3.75. The number of likely N-dealkylation sites (tertiary alicyclic amines) is 1. The van der Waals surface area contributed by atoms with Gasteiger partial charge in [0.1, 0.15) is 17.2 Å². The highest BCUT2D eigenvalue weighted by molar-refractivity contribution is 7.31. The van der Waals surface area contributed by atoms with Gasteiger partial charge >= 0.3 is 11.9 Å². The van der Waals surface area contributed by atoms with E-state index in [-0.39, 0.29) is 23.6 Å². The SMILES string of the molecule is CC1CN(OC(=O)C(=O)OC2(c3c(F)ccc4cc([Si](C)(C)C)sc34)CCN(Cc3ccccc3)CC2C)CCC1c1c(F)ccc2ccsc12. The number of thiophene rings is 2. The molecule has 0 bridgehead atoms. The van der Waals surface area contributed by atoms with Crippen LogP contribution in [0.2, 0.25) is 19.6 Å². The lowest BCUT2D eigenvalue weighted by Crippen LogP contribution is -2.52. The summed E-state index contributed by atoms with van der Waals surface area (Å²) in [6, 6.07) is 20.9. The number of hydroxylamine groups is 2. The molecule has 4 atom stereocenters. The van der Waals surface area contributed by atoms with Crippen molar-refractivity contribution in [3.8, 4) is 0 Å². The molecule has 0 saturated carbocycles. The third-order valence-corrected chi connectivity index (χ3v) is 16.4. The maximum Gasteiger partial charge on any atom is 0.436 e. The largest absolute Gasteiger partial charge is 0.445 e. The van der Waals surface area contributed by atoms with Crippen molar-refractivity contribution < 1.29 is 27.9 Å². The van der Waals surface area contributed by atoms with Gasteiger partial charge in [0.15, 0.2) is 0 Å². The van der Waals surface area contributed by atoms with Crippen LogP contribution in [0.1, 0.15) is 49.3 Å². The predicted molar refractivity (Wildman–Crippen MR) is 204 cm³/mol. The summed E-state index contributed by atoms with van der Waals surface area (Å²) in [5.41, 5.74) is 0.835. The molecule has 0 spiro atoms. The van der Waals surface area contributed by atoms with E-state index in [1.807, 2.05) is 43.5 Å². The Morgan fingerprint density at radius 2 is 1.65 bits per heavy atom. The first-order valence-electron chi connectivity index (χ1n) is 17.7. The molecule has 7 rings (SSSR count). The van der Waals surface area contributed by atoms with Crippen LogP contribution in [0.4, 0.5) is 8.78 Å². The Hall–Kier alpha value is -3.48. The number of carbonyl (C=O) groups excluding carboxylic acids is 2. The van der Waals surface area contributed by atoms with E-state index in [0.717, 1.165) is 25.7 Å². The number of benzene rings is 3. The molecule has 5 aromatic rings. The van der Waals surface area contributed by atoms with Crippen molar-refractivity contribution in [1.29, 1.82) is 0 Å². The molecular weight excluding hydrogens is 703 g/mol. The fourth-order valence-corrected chi connectivity index (χ4v) is 12.1. The normalized spacial score (nSPS) is 23.5. The first-order chi connectivity index (χ1) is 24.3. The minimum absolute atomic E-state index is 0.0452. The van der Waals surface area contributed by atoms with Crippen LogP contribution in [0.3, 0.4) is 0 Å². The molecular formula is C40H44F2N2O4S2Si. The van der Waals surface area contributed by atoms with Gasteiger partial charge in [-0.2, -0.15) is 0 Å². The summed E-state index contributed by atoms with van der Waals surface area (Å²) >= 11 is 3.10. The third-order valence-electron chi connectivity index (χ3n) is 10.7. The quantitative estimate of drug-likeness (QED) is 0.0944. The van der Waals surface area contributed by atoms with Crippen LogP contribution in [0.5, 0.6) is 0 Å². The Balaban J connectivity index is 1.13. The van der Waals surface area contributed by atoms with Crippen LogP contribution in [-0.2, 0) is 31.3 Å². The molecule has 2 aliphatic heterocycles. The summed E-state index contributed by atoms with van der Waals surface area (Å²) in [5, 5.41) is 5.38. The fourth-order valence-electron chi connectivity index (χ4n) is 7.96. The van der Waals surface area contributed by atoms with Gasteiger partial charge in [-0.25, -0.2) is 18.4 Å². The summed E-state index contributed by atoms with van der Waals surface area (Å²) in [5.74, 6) is -3.39. The molecule has 11 heteroatoms. The van der Waals surface area contributed by atoms with Gasteiger partial charge in [-0.05, 0) is 68.7 Å². The minimum atomic E-state index is -1.74. The molecule has 268 valence electrons. The zero-order valence-corrected chi connectivity index (χ0v) is 32.3. The number of carbonyl (C=O) groups is 2. The molecule has 3 aromatic carbocycles. The van der Waals surface area contributed by atoms with Crippen molar-refractivity contribution in [1.82, 2.24) is 9.96 Å². The average molecular weight is 747 g/mol. The van der Waals surface area contributed by atoms with E-state index < -0.39 is 31.4 Å². The fraction of sp³-hybridized carbons (Fsp3) is 0.400. The maximum atomic E-state index is 16.3. The van der Waals surface area contributed by atoms with Crippen molar-refractivity contribution in [3.05, 3.63) is 100 Å². The summed E-state index contributed by atoms with van der Waals surface area (Å²) < 4.78 is 40.7. The Kier molecular flexibility index (Phi) is 9.96. The zero-order chi connectivity index (χ0) is 36.1. The van der Waals surface area contributed by atoms with Crippen LogP contribution in [0.25, 0.3) is 20.2 Å². The van der Waals surface area contributed by atoms with Crippen molar-refractivity contribution in [2.24, 2.45) is 11.8 Å². The molecule has 2 aromatic heterocycles. The maximum absolute atomic E-state index is 16.3. The monoisotopic (exact) mass is 746 g/mol. The van der Waals surface area contributed by atoms with E-state index in [1.54, 1.807) is 23.5 Å². The van der Waals surface area contributed by atoms with Crippen molar-refractivity contribution in [3.63, 3.8) is 0 Å². The zero-order valence-electron chi connectivity index (χ0n) is 29.7. The van der Waals surface area contributed by atoms with Gasteiger partial charge in [-0.1, -0.05) is 76.0 Å². The van der Waals surface area contributed by atoms with Crippen LogP contribution in [0, 0.1) is 23.5 Å². The van der Waals surface area contributed by atoms with Gasteiger partial charge in [0.05, 0.1) is 8.07 Å². The lowest BCUT2D eigenvalue weighted by atomic mass is 9.76. The van der Waals surface area contributed by atoms with Crippen LogP contribution >= 0.6 is 22.7 Å². The summed E-state index contributed by atoms with van der Waals surface area (Å²) in [6.45, 7) is 13.2. The standard InChI is InChI=1S/C40H44F2N2O4S2Si/c1-25-22-44(18-15-30(25)34-31(41)13-11-28-16-20-49-36(28)34)48-39(46)38(45)47-40(17-19-43(23-26(40)2)24-27-9-7-6-8-10-27)35-32(42)14-12-29-21-33(50-37(29)35)51(3,4)5/h6-14,16,20-21,25-26,30H,15,17-19,22-24H2,1-5H3. The molecule has 2 fully saturated rings. The second kappa shape index (κ2) is 14.2. The lowest BCUT2D eigenvalue weighted by molar-refractivity contribution is -0.215. The van der Waals surface area contributed by atoms with E-state index in [0.29, 0.717) is 56.7 Å². The minimum Gasteiger partial charge on any atom is -0.445 e. The number of nitrogens with zero attached hydrogens (tertiary/aromatic N) is 2. The van der Waals surface area contributed by atoms with Gasteiger partial charge in [0, 0.05) is 65.6 Å². The van der Waals surface area contributed by atoms with Crippen molar-refractivity contribution in [2.45, 2.75) is 64.4 Å². The van der Waals surface area contributed by atoms with Crippen molar-refractivity contribution in [2.75, 3.05) is 26.2 Å². The van der Waals surface area contributed by atoms with E-state index in [9.17, 15) is 9.59 Å². The number of hydrogen-bond donors (Lipinski definition) is 0. The molecule has 0 aliphatic carbocycles. The highest BCUT2D eigenvalue weighted by atomic mass is 32.1. The molecule has 0 amide bonds. The lowest BCUT2D eigenvalue weighted by Gasteiger charge is -2.46. The molecule has 4 unspecified atom stereocenters. The molecule has 2 saturated heterocycles. The number of halogens is 2. The van der Waals surface area contributed by atoms with Gasteiger partial charge in [0.2, 0.25) is 0 Å². The Morgan fingerprint density at radius 3 is 2.37 bits per heavy atom. The highest BCUT2D eigenvalue weighted by Gasteiger charge is 2.50. The summed E-state index contributed by atoms with van der Waals surface area (Å²) in [4.78, 5) is 35.3. The Morgan fingerprint density at radius 1 is 0.902 bits per heavy atom. The number of piperidine rings is 2. The van der Waals surface area contributed by atoms with Gasteiger partial charge < -0.3 is 9.57 Å². The van der Waals surface area contributed by atoms with Crippen molar-refractivity contribution >= 4 is 67.4 Å². The van der Waals surface area contributed by atoms with E-state index in [2.05, 4.69) is 42.7 Å². The number of fused-ring (bicyclic) bond motifs is 2. The number of hydrogen-bond acceptors (Lipinski definition) is 8. The second-order valence-electron chi connectivity index (χ2n) is 15.3. The van der Waals surface area contributed by atoms with Gasteiger partial charge in [0.25, 0.3) is 0 Å². The topological polar surface area (TPSA) is 59.1 Å². The number of esters is 1. The van der Waals surface area contributed by atoms with Gasteiger partial charge in [-0.3, -0.25) is 4.90 Å². The summed E-state index contributed by atoms with van der Waals surface area (Å²) in [6.07, 6.45) is 0.874. The number of rotatable bonds is 7. The first kappa shape index (κ1) is 35.9. The predicted octanol–water partition coefficient (Wildman–Crippen LogP) is 8.80. The molecule has 0 radical (unpaired) electrons. The van der Waals surface area contributed by atoms with E-state index in [4.69, 9.17) is 9.57 Å². The molecule has 4 heterocycles. The van der Waals surface area contributed by atoms with Crippen LogP contribution in [-0.4, -0.2) is 56.2 Å². The third kappa shape index (κ3) is 7.03. The molecule has 51 heavy (non-hydrogen) atoms. The molecule has 6 nitrogen and oxygen atoms in total. The molecule has 2 aliphatic rings. The van der Waals surface area contributed by atoms with Crippen LogP contribution in [0.15, 0.2) is 72.1 Å². The number of ether oxygens (including phenoxy) is 1. The van der Waals surface area contributed by atoms with Gasteiger partial charge in [-0.15, -0.1) is 27.7 Å². The molecule has 0 N–H and O–H groups in total. The second-order valence-corrected chi connectivity index (χ2v) is 22.7.